The second-order valence-electron chi connectivity index (χ2n) is 4.94. The number of carbonyl (C=O) groups is 1. The number of amides is 1. The second kappa shape index (κ2) is 6.68. The molecule has 1 aromatic rings. The Hall–Kier alpha value is -1.40. The van der Waals surface area contributed by atoms with Crippen LogP contribution in [0.2, 0.25) is 0 Å². The largest absolute Gasteiger partial charge is 0.375 e. The van der Waals surface area contributed by atoms with Crippen molar-refractivity contribution >= 4 is 5.91 Å². The summed E-state index contributed by atoms with van der Waals surface area (Å²) in [6.07, 6.45) is 2.89. The highest BCUT2D eigenvalue weighted by molar-refractivity contribution is 5.77. The molecule has 2 rings (SSSR count). The van der Waals surface area contributed by atoms with E-state index in [1.165, 1.54) is 0 Å². The van der Waals surface area contributed by atoms with E-state index < -0.39 is 0 Å². The van der Waals surface area contributed by atoms with E-state index in [-0.39, 0.29) is 12.5 Å². The monoisotopic (exact) mass is 266 g/mol. The van der Waals surface area contributed by atoms with E-state index in [4.69, 9.17) is 4.74 Å². The number of nitrogens with zero attached hydrogens (tertiary/aromatic N) is 3. The van der Waals surface area contributed by atoms with Gasteiger partial charge in [0, 0.05) is 51.7 Å². The molecule has 1 aliphatic rings. The van der Waals surface area contributed by atoms with Crippen LogP contribution in [0.1, 0.15) is 17.9 Å². The lowest BCUT2D eigenvalue weighted by molar-refractivity contribution is -0.135. The Morgan fingerprint density at radius 2 is 2.26 bits per heavy atom. The molecule has 1 aliphatic heterocycles. The van der Waals surface area contributed by atoms with Gasteiger partial charge < -0.3 is 14.6 Å². The average molecular weight is 266 g/mol. The van der Waals surface area contributed by atoms with Gasteiger partial charge in [-0.3, -0.25) is 9.69 Å². The van der Waals surface area contributed by atoms with Crippen molar-refractivity contribution in [2.45, 2.75) is 19.9 Å². The Kier molecular flexibility index (Phi) is 4.93. The first kappa shape index (κ1) is 14.0. The molecule has 0 bridgehead atoms. The summed E-state index contributed by atoms with van der Waals surface area (Å²) >= 11 is 0. The van der Waals surface area contributed by atoms with Crippen LogP contribution < -0.4 is 0 Å². The molecule has 1 fully saturated rings. The van der Waals surface area contributed by atoms with Gasteiger partial charge in [-0.15, -0.1) is 0 Å². The van der Waals surface area contributed by atoms with E-state index in [1.54, 1.807) is 7.11 Å². The maximum absolute atomic E-state index is 11.8. The Labute approximate surface area is 113 Å². The number of hydrogen-bond donors (Lipinski definition) is 1. The molecule has 0 aromatic carbocycles. The number of methoxy groups -OCH3 is 1. The van der Waals surface area contributed by atoms with E-state index in [0.29, 0.717) is 0 Å². The molecule has 0 unspecified atom stereocenters. The number of aryl methyl sites for hydroxylation is 1. The molecule has 0 radical (unpaired) electrons. The summed E-state index contributed by atoms with van der Waals surface area (Å²) in [5, 5.41) is 0. The maximum Gasteiger partial charge on any atom is 0.248 e. The molecule has 6 nitrogen and oxygen atoms in total. The third-order valence-electron chi connectivity index (χ3n) is 3.36. The number of rotatable bonds is 4. The van der Waals surface area contributed by atoms with Crippen molar-refractivity contribution in [3.05, 3.63) is 17.7 Å². The molecule has 0 saturated carbocycles. The Morgan fingerprint density at radius 1 is 1.42 bits per heavy atom. The summed E-state index contributed by atoms with van der Waals surface area (Å²) in [5.74, 6) is 1.03. The van der Waals surface area contributed by atoms with Gasteiger partial charge in [-0.05, 0) is 13.3 Å². The normalized spacial score (nSPS) is 17.5. The average Bonchev–Trinajstić information content (AvgIpc) is 2.64. The van der Waals surface area contributed by atoms with Crippen LogP contribution in [0.5, 0.6) is 0 Å². The highest BCUT2D eigenvalue weighted by Crippen LogP contribution is 2.08. The van der Waals surface area contributed by atoms with Gasteiger partial charge in [0.25, 0.3) is 0 Å². The predicted molar refractivity (Wildman–Crippen MR) is 71.7 cm³/mol. The fourth-order valence-electron chi connectivity index (χ4n) is 2.39. The highest BCUT2D eigenvalue weighted by atomic mass is 16.5. The van der Waals surface area contributed by atoms with E-state index in [0.717, 1.165) is 50.7 Å². The smallest absolute Gasteiger partial charge is 0.248 e. The number of ether oxygens (including phenoxy) is 1. The quantitative estimate of drug-likeness (QED) is 0.857. The van der Waals surface area contributed by atoms with Gasteiger partial charge in [0.1, 0.15) is 12.4 Å². The lowest BCUT2D eigenvalue weighted by atomic mass is 10.3. The van der Waals surface area contributed by atoms with Gasteiger partial charge in [0.2, 0.25) is 5.91 Å². The first-order chi connectivity index (χ1) is 9.19. The van der Waals surface area contributed by atoms with Gasteiger partial charge in [0.05, 0.1) is 0 Å². The number of nitrogens with one attached hydrogen (secondary N) is 1. The van der Waals surface area contributed by atoms with Crippen LogP contribution in [0, 0.1) is 6.92 Å². The number of H-pyrrole nitrogens is 1. The van der Waals surface area contributed by atoms with E-state index in [1.807, 2.05) is 18.0 Å². The predicted octanol–water partition coefficient (Wildman–Crippen LogP) is 0.399. The lowest BCUT2D eigenvalue weighted by Gasteiger charge is -2.21. The summed E-state index contributed by atoms with van der Waals surface area (Å²) in [6, 6.07) is 0. The van der Waals surface area contributed by atoms with Crippen molar-refractivity contribution in [3.8, 4) is 0 Å². The SMILES string of the molecule is COCC(=O)N1CCCN(Cc2cnc(C)[nH]2)CC1. The summed E-state index contributed by atoms with van der Waals surface area (Å²) in [5.41, 5.74) is 1.13. The molecule has 0 aliphatic carbocycles. The molecule has 6 heteroatoms. The molecule has 1 saturated heterocycles. The third-order valence-corrected chi connectivity index (χ3v) is 3.36. The Bertz CT molecular complexity index is 419. The van der Waals surface area contributed by atoms with Gasteiger partial charge in [-0.1, -0.05) is 0 Å². The highest BCUT2D eigenvalue weighted by Gasteiger charge is 2.19. The zero-order valence-electron chi connectivity index (χ0n) is 11.7. The molecule has 2 heterocycles. The molecule has 1 N–H and O–H groups in total. The molecule has 0 atom stereocenters. The van der Waals surface area contributed by atoms with Crippen LogP contribution in [-0.4, -0.2) is 65.6 Å². The van der Waals surface area contributed by atoms with E-state index in [2.05, 4.69) is 14.9 Å². The lowest BCUT2D eigenvalue weighted by Crippen LogP contribution is -2.37. The van der Waals surface area contributed by atoms with Crippen LogP contribution in [0.15, 0.2) is 6.20 Å². The minimum Gasteiger partial charge on any atom is -0.375 e. The zero-order chi connectivity index (χ0) is 13.7. The Morgan fingerprint density at radius 3 is 2.95 bits per heavy atom. The van der Waals surface area contributed by atoms with Crippen molar-refractivity contribution in [2.24, 2.45) is 0 Å². The first-order valence-corrected chi connectivity index (χ1v) is 6.68. The first-order valence-electron chi connectivity index (χ1n) is 6.68. The number of aromatic nitrogens is 2. The molecular formula is C13H22N4O2. The third kappa shape index (κ3) is 4.04. The van der Waals surface area contributed by atoms with Gasteiger partial charge in [0.15, 0.2) is 0 Å². The Balaban J connectivity index is 1.84. The minimum atomic E-state index is 0.0849. The summed E-state index contributed by atoms with van der Waals surface area (Å²) in [6.45, 7) is 6.50. The summed E-state index contributed by atoms with van der Waals surface area (Å²) < 4.78 is 4.90. The number of carbonyl (C=O) groups excluding carboxylic acids is 1. The van der Waals surface area contributed by atoms with E-state index >= 15 is 0 Å². The van der Waals surface area contributed by atoms with Crippen molar-refractivity contribution in [3.63, 3.8) is 0 Å². The zero-order valence-corrected chi connectivity index (χ0v) is 11.7. The van der Waals surface area contributed by atoms with Crippen LogP contribution >= 0.6 is 0 Å². The molecule has 19 heavy (non-hydrogen) atoms. The van der Waals surface area contributed by atoms with Crippen molar-refractivity contribution in [1.82, 2.24) is 19.8 Å². The van der Waals surface area contributed by atoms with Gasteiger partial charge in [-0.25, -0.2) is 4.98 Å². The van der Waals surface area contributed by atoms with Crippen LogP contribution in [0.25, 0.3) is 0 Å². The molecule has 0 spiro atoms. The van der Waals surface area contributed by atoms with Crippen molar-refractivity contribution in [2.75, 3.05) is 39.9 Å². The second-order valence-corrected chi connectivity index (χ2v) is 4.94. The number of aromatic amines is 1. The topological polar surface area (TPSA) is 61.5 Å². The maximum atomic E-state index is 11.8. The summed E-state index contributed by atoms with van der Waals surface area (Å²) in [4.78, 5) is 23.5. The van der Waals surface area contributed by atoms with Crippen LogP contribution in [-0.2, 0) is 16.1 Å². The number of hydrogen-bond acceptors (Lipinski definition) is 4. The molecule has 106 valence electrons. The molecule has 1 aromatic heterocycles. The fourth-order valence-corrected chi connectivity index (χ4v) is 2.39. The van der Waals surface area contributed by atoms with Crippen molar-refractivity contribution in [1.29, 1.82) is 0 Å². The van der Waals surface area contributed by atoms with Crippen LogP contribution in [0.4, 0.5) is 0 Å². The van der Waals surface area contributed by atoms with Gasteiger partial charge in [-0.2, -0.15) is 0 Å². The van der Waals surface area contributed by atoms with Crippen LogP contribution in [0.3, 0.4) is 0 Å². The van der Waals surface area contributed by atoms with Gasteiger partial charge >= 0.3 is 0 Å². The van der Waals surface area contributed by atoms with E-state index in [9.17, 15) is 4.79 Å². The van der Waals surface area contributed by atoms with Crippen molar-refractivity contribution < 1.29 is 9.53 Å². The molecular weight excluding hydrogens is 244 g/mol. The fraction of sp³-hybridized carbons (Fsp3) is 0.692. The molecule has 1 amide bonds. The number of imidazole rings is 1. The standard InChI is InChI=1S/C13H22N4O2/c1-11-14-8-12(15-11)9-16-4-3-5-17(7-6-16)13(18)10-19-2/h8H,3-7,9-10H2,1-2H3,(H,14,15). The summed E-state index contributed by atoms with van der Waals surface area (Å²) in [7, 11) is 1.56. The minimum absolute atomic E-state index is 0.0849.